The lowest BCUT2D eigenvalue weighted by Gasteiger charge is -2.16. The Kier molecular flexibility index (Phi) is 11.7. The first-order valence-electron chi connectivity index (χ1n) is 12.2. The van der Waals surface area contributed by atoms with E-state index in [1.807, 2.05) is 38.1 Å². The van der Waals surface area contributed by atoms with E-state index in [-0.39, 0.29) is 24.4 Å². The van der Waals surface area contributed by atoms with Crippen LogP contribution in [0, 0.1) is 11.8 Å². The Balaban J connectivity index is 1.78. The van der Waals surface area contributed by atoms with Gasteiger partial charge < -0.3 is 14.9 Å². The Morgan fingerprint density at radius 2 is 1.94 bits per heavy atom. The smallest absolute Gasteiger partial charge is 0.303 e. The molecule has 0 amide bonds. The molecule has 0 aliphatic heterocycles. The standard InChI is InChI=1S/C27H40O5/c1-20(2)32-17-16-21-8-7-9-22(18-21)19-24(28)14-12-23-13-15-26(29)25(23)10-5-3-4-6-11-27(30)31/h7-9,12,14,18,20,23-25,28H,3-6,10-11,13,15-17,19H2,1-2H3,(H,30,31)/b14-12+/t23?,24?,25-/m1/s1. The summed E-state index contributed by atoms with van der Waals surface area (Å²) in [5.74, 6) is -0.166. The molecule has 0 saturated heterocycles. The fourth-order valence-electron chi connectivity index (χ4n) is 4.44. The van der Waals surface area contributed by atoms with E-state index in [2.05, 4.69) is 12.1 Å². The fourth-order valence-corrected chi connectivity index (χ4v) is 4.44. The Morgan fingerprint density at radius 1 is 1.19 bits per heavy atom. The zero-order chi connectivity index (χ0) is 23.3. The maximum absolute atomic E-state index is 12.3. The van der Waals surface area contributed by atoms with Gasteiger partial charge in [-0.25, -0.2) is 0 Å². The van der Waals surface area contributed by atoms with Gasteiger partial charge in [-0.3, -0.25) is 9.59 Å². The third-order valence-corrected chi connectivity index (χ3v) is 6.17. The predicted molar refractivity (Wildman–Crippen MR) is 127 cm³/mol. The van der Waals surface area contributed by atoms with Gasteiger partial charge in [-0.05, 0) is 56.6 Å². The number of ether oxygens (including phenoxy) is 1. The van der Waals surface area contributed by atoms with Crippen molar-refractivity contribution in [2.75, 3.05) is 6.61 Å². The predicted octanol–water partition coefficient (Wildman–Crippen LogP) is 5.13. The minimum atomic E-state index is -0.744. The lowest BCUT2D eigenvalue weighted by Crippen LogP contribution is -2.14. The average Bonchev–Trinajstić information content (AvgIpc) is 3.08. The van der Waals surface area contributed by atoms with E-state index in [4.69, 9.17) is 9.84 Å². The van der Waals surface area contributed by atoms with E-state index in [0.717, 1.165) is 44.1 Å². The average molecular weight is 445 g/mol. The zero-order valence-corrected chi connectivity index (χ0v) is 19.7. The molecule has 2 N–H and O–H groups in total. The molecule has 3 atom stereocenters. The molecule has 0 bridgehead atoms. The summed E-state index contributed by atoms with van der Waals surface area (Å²) in [6.07, 6.45) is 11.1. The van der Waals surface area contributed by atoms with Crippen LogP contribution in [-0.4, -0.2) is 40.8 Å². The van der Waals surface area contributed by atoms with Crippen LogP contribution in [0.1, 0.15) is 76.3 Å². The molecular weight excluding hydrogens is 404 g/mol. The number of allylic oxidation sites excluding steroid dienone is 1. The zero-order valence-electron chi connectivity index (χ0n) is 19.7. The van der Waals surface area contributed by atoms with Crippen LogP contribution in [0.3, 0.4) is 0 Å². The molecule has 178 valence electrons. The first-order valence-corrected chi connectivity index (χ1v) is 12.2. The molecule has 2 rings (SSSR count). The molecule has 5 heteroatoms. The van der Waals surface area contributed by atoms with Gasteiger partial charge in [-0.15, -0.1) is 0 Å². The highest BCUT2D eigenvalue weighted by Gasteiger charge is 2.32. The number of carbonyl (C=O) groups excluding carboxylic acids is 1. The molecule has 5 nitrogen and oxygen atoms in total. The molecule has 0 spiro atoms. The van der Waals surface area contributed by atoms with Crippen LogP contribution in [0.5, 0.6) is 0 Å². The topological polar surface area (TPSA) is 83.8 Å². The minimum absolute atomic E-state index is 0.0437. The number of aliphatic carboxylic acids is 1. The van der Waals surface area contributed by atoms with Gasteiger partial charge in [0.2, 0.25) is 0 Å². The number of rotatable bonds is 15. The number of Topliss-reactive ketones (excluding diaryl/α,β-unsaturated/α-hetero) is 1. The normalized spacial score (nSPS) is 19.8. The van der Waals surface area contributed by atoms with Crippen LogP contribution >= 0.6 is 0 Å². The van der Waals surface area contributed by atoms with E-state index in [1.54, 1.807) is 0 Å². The maximum Gasteiger partial charge on any atom is 0.303 e. The number of unbranched alkanes of at least 4 members (excludes halogenated alkanes) is 3. The number of hydrogen-bond donors (Lipinski definition) is 2. The van der Waals surface area contributed by atoms with Crippen molar-refractivity contribution in [1.29, 1.82) is 0 Å². The molecule has 1 aromatic rings. The number of carboxylic acids is 1. The van der Waals surface area contributed by atoms with Gasteiger partial charge >= 0.3 is 5.97 Å². The van der Waals surface area contributed by atoms with Crippen LogP contribution < -0.4 is 0 Å². The second-order valence-corrected chi connectivity index (χ2v) is 9.27. The Hall–Kier alpha value is -1.98. The van der Waals surface area contributed by atoms with E-state index in [0.29, 0.717) is 31.7 Å². The van der Waals surface area contributed by atoms with Crippen molar-refractivity contribution in [1.82, 2.24) is 0 Å². The second-order valence-electron chi connectivity index (χ2n) is 9.27. The summed E-state index contributed by atoms with van der Waals surface area (Å²) < 4.78 is 5.63. The van der Waals surface area contributed by atoms with Gasteiger partial charge in [-0.2, -0.15) is 0 Å². The van der Waals surface area contributed by atoms with Gasteiger partial charge in [0.25, 0.3) is 0 Å². The lowest BCUT2D eigenvalue weighted by molar-refractivity contribution is -0.137. The molecule has 0 aromatic heterocycles. The van der Waals surface area contributed by atoms with Gasteiger partial charge in [0.15, 0.2) is 0 Å². The van der Waals surface area contributed by atoms with E-state index in [9.17, 15) is 14.7 Å². The maximum atomic E-state index is 12.3. The summed E-state index contributed by atoms with van der Waals surface area (Å²) in [6.45, 7) is 4.76. The first-order chi connectivity index (χ1) is 15.3. The van der Waals surface area contributed by atoms with Crippen LogP contribution in [-0.2, 0) is 27.2 Å². The molecule has 1 saturated carbocycles. The van der Waals surface area contributed by atoms with Crippen LogP contribution in [0.4, 0.5) is 0 Å². The number of ketones is 1. The Labute approximate surface area is 192 Å². The molecule has 1 aliphatic carbocycles. The summed E-state index contributed by atoms with van der Waals surface area (Å²) in [5, 5.41) is 19.2. The third kappa shape index (κ3) is 10.1. The molecular formula is C27H40O5. The van der Waals surface area contributed by atoms with Gasteiger partial charge in [0.05, 0.1) is 18.8 Å². The van der Waals surface area contributed by atoms with Gasteiger partial charge in [-0.1, -0.05) is 55.7 Å². The molecule has 32 heavy (non-hydrogen) atoms. The first kappa shape index (κ1) is 26.3. The van der Waals surface area contributed by atoms with Crippen molar-refractivity contribution in [3.63, 3.8) is 0 Å². The largest absolute Gasteiger partial charge is 0.481 e. The van der Waals surface area contributed by atoms with Gasteiger partial charge in [0.1, 0.15) is 5.78 Å². The summed E-state index contributed by atoms with van der Waals surface area (Å²) in [7, 11) is 0. The summed E-state index contributed by atoms with van der Waals surface area (Å²) in [6, 6.07) is 8.29. The van der Waals surface area contributed by atoms with Crippen molar-refractivity contribution in [2.24, 2.45) is 11.8 Å². The minimum Gasteiger partial charge on any atom is -0.481 e. The van der Waals surface area contributed by atoms with E-state index in [1.165, 1.54) is 5.56 Å². The van der Waals surface area contributed by atoms with Crippen molar-refractivity contribution >= 4 is 11.8 Å². The van der Waals surface area contributed by atoms with Crippen molar-refractivity contribution in [2.45, 2.75) is 90.3 Å². The highest BCUT2D eigenvalue weighted by molar-refractivity contribution is 5.83. The Bertz CT molecular complexity index is 739. The molecule has 1 aliphatic rings. The summed E-state index contributed by atoms with van der Waals surface area (Å²) in [4.78, 5) is 22.9. The van der Waals surface area contributed by atoms with E-state index >= 15 is 0 Å². The molecule has 0 heterocycles. The SMILES string of the molecule is CC(C)OCCc1cccc(CC(O)/C=C/C2CCC(=O)[C@@H]2CCCCCCC(=O)O)c1. The fraction of sp³-hybridized carbons (Fsp3) is 0.630. The second kappa shape index (κ2) is 14.2. The molecule has 1 aromatic carbocycles. The number of benzene rings is 1. The van der Waals surface area contributed by atoms with Crippen molar-refractivity contribution in [3.8, 4) is 0 Å². The monoisotopic (exact) mass is 444 g/mol. The number of hydrogen-bond acceptors (Lipinski definition) is 4. The third-order valence-electron chi connectivity index (χ3n) is 6.17. The highest BCUT2D eigenvalue weighted by atomic mass is 16.5. The van der Waals surface area contributed by atoms with Crippen LogP contribution in [0.2, 0.25) is 0 Å². The quantitative estimate of drug-likeness (QED) is 0.289. The lowest BCUT2D eigenvalue weighted by atomic mass is 9.89. The molecule has 0 radical (unpaired) electrons. The van der Waals surface area contributed by atoms with E-state index < -0.39 is 12.1 Å². The molecule has 2 unspecified atom stereocenters. The highest BCUT2D eigenvalue weighted by Crippen LogP contribution is 2.34. The number of carbonyl (C=O) groups is 2. The summed E-state index contributed by atoms with van der Waals surface area (Å²) in [5.41, 5.74) is 2.31. The molecule has 1 fully saturated rings. The number of carboxylic acid groups (broad SMARTS) is 1. The number of aliphatic hydroxyl groups excluding tert-OH is 1. The summed E-state index contributed by atoms with van der Waals surface area (Å²) >= 11 is 0. The van der Waals surface area contributed by atoms with Crippen molar-refractivity contribution < 1.29 is 24.5 Å². The van der Waals surface area contributed by atoms with Gasteiger partial charge in [0, 0.05) is 25.2 Å². The van der Waals surface area contributed by atoms with Crippen LogP contribution in [0.25, 0.3) is 0 Å². The Morgan fingerprint density at radius 3 is 2.69 bits per heavy atom. The van der Waals surface area contributed by atoms with Crippen LogP contribution in [0.15, 0.2) is 36.4 Å². The van der Waals surface area contributed by atoms with Crippen molar-refractivity contribution in [3.05, 3.63) is 47.5 Å². The number of aliphatic hydroxyl groups is 1.